The zero-order valence-corrected chi connectivity index (χ0v) is 9.62. The van der Waals surface area contributed by atoms with Gasteiger partial charge in [0.15, 0.2) is 0 Å². The molecule has 1 saturated heterocycles. The first-order valence-corrected chi connectivity index (χ1v) is 5.48. The van der Waals surface area contributed by atoms with Crippen LogP contribution < -0.4 is 0 Å². The summed E-state index contributed by atoms with van der Waals surface area (Å²) in [6.45, 7) is 9.57. The first kappa shape index (κ1) is 11.5. The summed E-state index contributed by atoms with van der Waals surface area (Å²) in [6, 6.07) is 0. The van der Waals surface area contributed by atoms with E-state index in [1.165, 1.54) is 0 Å². The van der Waals surface area contributed by atoms with Crippen molar-refractivity contribution in [3.63, 3.8) is 0 Å². The van der Waals surface area contributed by atoms with E-state index >= 15 is 0 Å². The van der Waals surface area contributed by atoms with Gasteiger partial charge in [0.2, 0.25) is 5.91 Å². The number of hydrogen-bond acceptors (Lipinski definition) is 2. The van der Waals surface area contributed by atoms with Crippen molar-refractivity contribution in [2.75, 3.05) is 13.1 Å². The molecule has 0 unspecified atom stereocenters. The second-order valence-electron chi connectivity index (χ2n) is 4.31. The van der Waals surface area contributed by atoms with E-state index in [1.54, 1.807) is 0 Å². The minimum absolute atomic E-state index is 0.146. The number of amides is 1. The molecule has 1 amide bonds. The third-order valence-corrected chi connectivity index (χ3v) is 2.77. The summed E-state index contributed by atoms with van der Waals surface area (Å²) in [7, 11) is 0. The Morgan fingerprint density at radius 1 is 1.43 bits per heavy atom. The van der Waals surface area contributed by atoms with Crippen molar-refractivity contribution in [3.8, 4) is 0 Å². The molecule has 0 N–H and O–H groups in total. The average Bonchev–Trinajstić information content (AvgIpc) is 2.14. The van der Waals surface area contributed by atoms with Crippen LogP contribution in [-0.4, -0.2) is 36.1 Å². The van der Waals surface area contributed by atoms with Crippen LogP contribution in [0.2, 0.25) is 0 Å². The SMILES string of the molecule is CC[C@@H](C)C(=O)N1C[C@@H](C)O[C@H](C)C1. The van der Waals surface area contributed by atoms with Crippen LogP contribution >= 0.6 is 0 Å². The molecule has 1 fully saturated rings. The summed E-state index contributed by atoms with van der Waals surface area (Å²) < 4.78 is 5.59. The zero-order chi connectivity index (χ0) is 10.7. The van der Waals surface area contributed by atoms with Crippen molar-refractivity contribution in [1.82, 2.24) is 4.90 Å². The lowest BCUT2D eigenvalue weighted by atomic mass is 10.1. The largest absolute Gasteiger partial charge is 0.372 e. The molecule has 0 radical (unpaired) electrons. The molecule has 1 rings (SSSR count). The van der Waals surface area contributed by atoms with Crippen molar-refractivity contribution in [1.29, 1.82) is 0 Å². The number of rotatable bonds is 2. The Morgan fingerprint density at radius 3 is 2.36 bits per heavy atom. The number of carbonyl (C=O) groups excluding carboxylic acids is 1. The molecular weight excluding hydrogens is 178 g/mol. The Morgan fingerprint density at radius 2 is 1.93 bits per heavy atom. The van der Waals surface area contributed by atoms with Gasteiger partial charge in [0.05, 0.1) is 12.2 Å². The topological polar surface area (TPSA) is 29.5 Å². The van der Waals surface area contributed by atoms with Gasteiger partial charge >= 0.3 is 0 Å². The van der Waals surface area contributed by atoms with Crippen LogP contribution in [-0.2, 0) is 9.53 Å². The predicted octanol–water partition coefficient (Wildman–Crippen LogP) is 1.67. The van der Waals surface area contributed by atoms with Crippen molar-refractivity contribution in [2.24, 2.45) is 5.92 Å². The van der Waals surface area contributed by atoms with Crippen LogP contribution in [0, 0.1) is 5.92 Å². The predicted molar refractivity (Wildman–Crippen MR) is 56.0 cm³/mol. The van der Waals surface area contributed by atoms with Gasteiger partial charge in [-0.25, -0.2) is 0 Å². The maximum absolute atomic E-state index is 11.9. The van der Waals surface area contributed by atoms with E-state index in [4.69, 9.17) is 4.74 Å². The molecule has 0 spiro atoms. The minimum Gasteiger partial charge on any atom is -0.372 e. The van der Waals surface area contributed by atoms with Crippen molar-refractivity contribution in [2.45, 2.75) is 46.3 Å². The standard InChI is InChI=1S/C11H21NO2/c1-5-8(2)11(13)12-6-9(3)14-10(4)7-12/h8-10H,5-7H2,1-4H3/t8-,9-,10-/m1/s1. The van der Waals surface area contributed by atoms with Crippen LogP contribution in [0.25, 0.3) is 0 Å². The fraction of sp³-hybridized carbons (Fsp3) is 0.909. The molecule has 1 heterocycles. The van der Waals surface area contributed by atoms with Gasteiger partial charge in [-0.2, -0.15) is 0 Å². The second kappa shape index (κ2) is 4.78. The molecule has 0 aromatic rings. The molecule has 0 aromatic heterocycles. The van der Waals surface area contributed by atoms with Gasteiger partial charge in [0.1, 0.15) is 0 Å². The lowest BCUT2D eigenvalue weighted by Gasteiger charge is -2.36. The first-order chi connectivity index (χ1) is 6.54. The van der Waals surface area contributed by atoms with Gasteiger partial charge in [0.25, 0.3) is 0 Å². The number of morpholine rings is 1. The lowest BCUT2D eigenvalue weighted by molar-refractivity contribution is -0.147. The minimum atomic E-state index is 0.146. The van der Waals surface area contributed by atoms with Crippen LogP contribution in [0.5, 0.6) is 0 Å². The molecule has 0 aliphatic carbocycles. The Hall–Kier alpha value is -0.570. The van der Waals surface area contributed by atoms with Crippen molar-refractivity contribution in [3.05, 3.63) is 0 Å². The fourth-order valence-electron chi connectivity index (χ4n) is 1.84. The zero-order valence-electron chi connectivity index (χ0n) is 9.62. The highest BCUT2D eigenvalue weighted by atomic mass is 16.5. The van der Waals surface area contributed by atoms with E-state index in [2.05, 4.69) is 6.92 Å². The normalized spacial score (nSPS) is 30.1. The molecule has 3 nitrogen and oxygen atoms in total. The van der Waals surface area contributed by atoms with Crippen LogP contribution in [0.4, 0.5) is 0 Å². The highest BCUT2D eigenvalue weighted by Crippen LogP contribution is 2.14. The smallest absolute Gasteiger partial charge is 0.225 e. The van der Waals surface area contributed by atoms with E-state index < -0.39 is 0 Å². The molecule has 0 saturated carbocycles. The highest BCUT2D eigenvalue weighted by molar-refractivity contribution is 5.78. The Labute approximate surface area is 86.4 Å². The van der Waals surface area contributed by atoms with E-state index in [1.807, 2.05) is 25.7 Å². The molecular formula is C11H21NO2. The molecule has 1 aliphatic rings. The third-order valence-electron chi connectivity index (χ3n) is 2.77. The molecule has 1 aliphatic heterocycles. The Bertz CT molecular complexity index is 195. The first-order valence-electron chi connectivity index (χ1n) is 5.48. The van der Waals surface area contributed by atoms with E-state index in [-0.39, 0.29) is 24.0 Å². The second-order valence-corrected chi connectivity index (χ2v) is 4.31. The monoisotopic (exact) mass is 199 g/mol. The quantitative estimate of drug-likeness (QED) is 0.677. The van der Waals surface area contributed by atoms with Crippen molar-refractivity contribution >= 4 is 5.91 Å². The van der Waals surface area contributed by atoms with E-state index in [0.29, 0.717) is 0 Å². The van der Waals surface area contributed by atoms with Gasteiger partial charge in [-0.05, 0) is 20.3 Å². The molecule has 3 heteroatoms. The maximum atomic E-state index is 11.9. The average molecular weight is 199 g/mol. The van der Waals surface area contributed by atoms with Gasteiger partial charge < -0.3 is 9.64 Å². The molecule has 3 atom stereocenters. The number of hydrogen-bond donors (Lipinski definition) is 0. The summed E-state index contributed by atoms with van der Waals surface area (Å²) in [5.41, 5.74) is 0. The van der Waals surface area contributed by atoms with Crippen LogP contribution in [0.15, 0.2) is 0 Å². The lowest BCUT2D eigenvalue weighted by Crippen LogP contribution is -2.49. The summed E-state index contributed by atoms with van der Waals surface area (Å²) in [5, 5.41) is 0. The molecule has 82 valence electrons. The van der Waals surface area contributed by atoms with Crippen LogP contribution in [0.1, 0.15) is 34.1 Å². The van der Waals surface area contributed by atoms with Crippen LogP contribution in [0.3, 0.4) is 0 Å². The van der Waals surface area contributed by atoms with Gasteiger partial charge in [-0.15, -0.1) is 0 Å². The highest BCUT2D eigenvalue weighted by Gasteiger charge is 2.27. The summed E-state index contributed by atoms with van der Waals surface area (Å²) in [5.74, 6) is 0.419. The van der Waals surface area contributed by atoms with Gasteiger partial charge in [-0.1, -0.05) is 13.8 Å². The van der Waals surface area contributed by atoms with Gasteiger partial charge in [-0.3, -0.25) is 4.79 Å². The molecule has 14 heavy (non-hydrogen) atoms. The summed E-state index contributed by atoms with van der Waals surface area (Å²) >= 11 is 0. The Kier molecular flexibility index (Phi) is 3.93. The molecule has 0 bridgehead atoms. The number of nitrogens with zero attached hydrogens (tertiary/aromatic N) is 1. The number of ether oxygens (including phenoxy) is 1. The van der Waals surface area contributed by atoms with E-state index in [0.717, 1.165) is 19.5 Å². The molecule has 0 aromatic carbocycles. The summed E-state index contributed by atoms with van der Waals surface area (Å²) in [6.07, 6.45) is 1.26. The number of carbonyl (C=O) groups is 1. The summed E-state index contributed by atoms with van der Waals surface area (Å²) in [4.78, 5) is 13.8. The van der Waals surface area contributed by atoms with E-state index in [9.17, 15) is 4.79 Å². The Balaban J connectivity index is 2.54. The van der Waals surface area contributed by atoms with Crippen molar-refractivity contribution < 1.29 is 9.53 Å². The maximum Gasteiger partial charge on any atom is 0.225 e. The van der Waals surface area contributed by atoms with Gasteiger partial charge in [0, 0.05) is 19.0 Å². The third kappa shape index (κ3) is 2.71. The fourth-order valence-corrected chi connectivity index (χ4v) is 1.84.